The first-order chi connectivity index (χ1) is 12.8. The van der Waals surface area contributed by atoms with Gasteiger partial charge in [0.1, 0.15) is 0 Å². The normalized spacial score (nSPS) is 25.5. The van der Waals surface area contributed by atoms with E-state index in [9.17, 15) is 13.2 Å². The van der Waals surface area contributed by atoms with Gasteiger partial charge < -0.3 is 4.90 Å². The molecular formula is C20H31N3O3S. The van der Waals surface area contributed by atoms with E-state index in [0.29, 0.717) is 44.6 Å². The van der Waals surface area contributed by atoms with Crippen molar-refractivity contribution in [1.29, 1.82) is 0 Å². The zero-order valence-corrected chi connectivity index (χ0v) is 17.2. The highest BCUT2D eigenvalue weighted by Crippen LogP contribution is 2.21. The second-order valence-corrected chi connectivity index (χ2v) is 10.1. The smallest absolute Gasteiger partial charge is 0.236 e. The molecule has 150 valence electrons. The molecule has 6 nitrogen and oxygen atoms in total. The second kappa shape index (κ2) is 8.71. The molecule has 2 aliphatic heterocycles. The van der Waals surface area contributed by atoms with Crippen molar-refractivity contribution in [2.45, 2.75) is 26.0 Å². The third kappa shape index (κ3) is 5.53. The Hall–Kier alpha value is -1.44. The van der Waals surface area contributed by atoms with E-state index >= 15 is 0 Å². The van der Waals surface area contributed by atoms with Crippen LogP contribution in [-0.4, -0.2) is 74.2 Å². The highest BCUT2D eigenvalue weighted by atomic mass is 32.2. The van der Waals surface area contributed by atoms with Crippen LogP contribution in [0.5, 0.6) is 0 Å². The summed E-state index contributed by atoms with van der Waals surface area (Å²) in [6.45, 7) is 8.60. The third-order valence-electron chi connectivity index (χ3n) is 5.48. The van der Waals surface area contributed by atoms with Gasteiger partial charge in [0.15, 0.2) is 0 Å². The second-order valence-electron chi connectivity index (χ2n) is 8.16. The highest BCUT2D eigenvalue weighted by molar-refractivity contribution is 7.88. The van der Waals surface area contributed by atoms with E-state index in [1.807, 2.05) is 35.2 Å². The molecule has 7 heteroatoms. The number of likely N-dealkylation sites (tertiary alicyclic amines) is 1. The van der Waals surface area contributed by atoms with Crippen LogP contribution in [0.1, 0.15) is 25.8 Å². The quantitative estimate of drug-likeness (QED) is 0.763. The molecule has 2 heterocycles. The molecule has 1 aromatic rings. The molecule has 0 spiro atoms. The molecule has 1 aromatic carbocycles. The van der Waals surface area contributed by atoms with Crippen molar-refractivity contribution in [3.05, 3.63) is 35.9 Å². The largest absolute Gasteiger partial charge is 0.339 e. The fourth-order valence-corrected chi connectivity index (χ4v) is 5.82. The van der Waals surface area contributed by atoms with Gasteiger partial charge in [-0.05, 0) is 23.8 Å². The number of hydrogen-bond acceptors (Lipinski definition) is 4. The Labute approximate surface area is 163 Å². The summed E-state index contributed by atoms with van der Waals surface area (Å²) in [6, 6.07) is 9.24. The Morgan fingerprint density at radius 3 is 2.19 bits per heavy atom. The van der Waals surface area contributed by atoms with Crippen molar-refractivity contribution in [2.24, 2.45) is 11.8 Å². The van der Waals surface area contributed by atoms with Gasteiger partial charge in [-0.15, -0.1) is 0 Å². The number of carbonyl (C=O) groups excluding carboxylic acids is 1. The molecule has 2 atom stereocenters. The van der Waals surface area contributed by atoms with Gasteiger partial charge in [0.2, 0.25) is 15.9 Å². The maximum atomic E-state index is 12.6. The Balaban J connectivity index is 1.50. The number of amides is 1. The van der Waals surface area contributed by atoms with Gasteiger partial charge in [0, 0.05) is 39.3 Å². The van der Waals surface area contributed by atoms with Crippen molar-refractivity contribution in [2.75, 3.05) is 45.8 Å². The van der Waals surface area contributed by atoms with E-state index < -0.39 is 10.0 Å². The predicted molar refractivity (Wildman–Crippen MR) is 107 cm³/mol. The van der Waals surface area contributed by atoms with Gasteiger partial charge in [-0.3, -0.25) is 9.69 Å². The van der Waals surface area contributed by atoms with E-state index in [4.69, 9.17) is 0 Å². The first-order valence-corrected chi connectivity index (χ1v) is 11.5. The summed E-state index contributed by atoms with van der Waals surface area (Å²) >= 11 is 0. The van der Waals surface area contributed by atoms with Crippen LogP contribution in [0.3, 0.4) is 0 Å². The predicted octanol–water partition coefficient (Wildman–Crippen LogP) is 1.64. The number of piperidine rings is 1. The minimum atomic E-state index is -3.34. The molecule has 2 saturated heterocycles. The lowest BCUT2D eigenvalue weighted by molar-refractivity contribution is -0.134. The molecule has 0 aromatic heterocycles. The molecule has 0 bridgehead atoms. The number of piperazine rings is 1. The summed E-state index contributed by atoms with van der Waals surface area (Å²) in [5.74, 6) is 1.39. The van der Waals surface area contributed by atoms with Gasteiger partial charge in [-0.2, -0.15) is 4.31 Å². The summed E-state index contributed by atoms with van der Waals surface area (Å²) in [5, 5.41) is 0. The molecule has 0 unspecified atom stereocenters. The summed E-state index contributed by atoms with van der Waals surface area (Å²) < 4.78 is 26.8. The first kappa shape index (κ1) is 20.3. The zero-order valence-electron chi connectivity index (χ0n) is 16.4. The molecular weight excluding hydrogens is 362 g/mol. The Kier molecular flexibility index (Phi) is 6.55. The van der Waals surface area contributed by atoms with Gasteiger partial charge in [0.25, 0.3) is 0 Å². The van der Waals surface area contributed by atoms with Crippen LogP contribution in [-0.2, 0) is 20.6 Å². The Morgan fingerprint density at radius 2 is 1.59 bits per heavy atom. The van der Waals surface area contributed by atoms with Crippen LogP contribution >= 0.6 is 0 Å². The lowest BCUT2D eigenvalue weighted by Crippen LogP contribution is -2.53. The average molecular weight is 394 g/mol. The fraction of sp³-hybridized carbons (Fsp3) is 0.650. The van der Waals surface area contributed by atoms with E-state index in [0.717, 1.165) is 18.7 Å². The summed E-state index contributed by atoms with van der Waals surface area (Å²) in [7, 11) is -3.34. The lowest BCUT2D eigenvalue weighted by Gasteiger charge is -2.38. The van der Waals surface area contributed by atoms with E-state index in [1.54, 1.807) is 0 Å². The van der Waals surface area contributed by atoms with Crippen molar-refractivity contribution in [1.82, 2.24) is 14.1 Å². The van der Waals surface area contributed by atoms with Crippen molar-refractivity contribution >= 4 is 15.9 Å². The van der Waals surface area contributed by atoms with Crippen LogP contribution in [0.4, 0.5) is 0 Å². The van der Waals surface area contributed by atoms with Crippen molar-refractivity contribution < 1.29 is 13.2 Å². The van der Waals surface area contributed by atoms with Crippen LogP contribution in [0, 0.1) is 11.8 Å². The number of sulfonamides is 1. The molecule has 2 fully saturated rings. The average Bonchev–Trinajstić information content (AvgIpc) is 2.61. The fourth-order valence-electron chi connectivity index (χ4n) is 4.30. The SMILES string of the molecule is C[C@@H]1C[C@H](C)CN(CC(=O)N2CCN(S(=O)(=O)Cc3ccccc3)CC2)C1. The van der Waals surface area contributed by atoms with Crippen LogP contribution in [0.15, 0.2) is 30.3 Å². The minimum Gasteiger partial charge on any atom is -0.339 e. The van der Waals surface area contributed by atoms with Gasteiger partial charge in [-0.25, -0.2) is 8.42 Å². The maximum absolute atomic E-state index is 12.6. The lowest BCUT2D eigenvalue weighted by atomic mass is 9.92. The molecule has 27 heavy (non-hydrogen) atoms. The Bertz CT molecular complexity index is 720. The van der Waals surface area contributed by atoms with Gasteiger partial charge in [0.05, 0.1) is 12.3 Å². The number of benzene rings is 1. The van der Waals surface area contributed by atoms with Crippen LogP contribution in [0.25, 0.3) is 0 Å². The minimum absolute atomic E-state index is 0.0192. The first-order valence-electron chi connectivity index (χ1n) is 9.85. The number of nitrogens with zero attached hydrogens (tertiary/aromatic N) is 3. The summed E-state index contributed by atoms with van der Waals surface area (Å²) in [6.07, 6.45) is 1.22. The molecule has 0 aliphatic carbocycles. The summed E-state index contributed by atoms with van der Waals surface area (Å²) in [5.41, 5.74) is 0.796. The number of carbonyl (C=O) groups is 1. The number of hydrogen-bond donors (Lipinski definition) is 0. The van der Waals surface area contributed by atoms with Gasteiger partial charge in [-0.1, -0.05) is 44.2 Å². The molecule has 0 saturated carbocycles. The van der Waals surface area contributed by atoms with Gasteiger partial charge >= 0.3 is 0 Å². The number of rotatable bonds is 5. The topological polar surface area (TPSA) is 60.9 Å². The van der Waals surface area contributed by atoms with Crippen molar-refractivity contribution in [3.8, 4) is 0 Å². The van der Waals surface area contributed by atoms with E-state index in [1.165, 1.54) is 10.7 Å². The standard InChI is InChI=1S/C20H31N3O3S/c1-17-12-18(2)14-21(13-17)15-20(24)22-8-10-23(11-9-22)27(25,26)16-19-6-4-3-5-7-19/h3-7,17-18H,8-16H2,1-2H3/t17-,18+. The van der Waals surface area contributed by atoms with Crippen LogP contribution < -0.4 is 0 Å². The Morgan fingerprint density at radius 1 is 1.00 bits per heavy atom. The van der Waals surface area contributed by atoms with E-state index in [-0.39, 0.29) is 11.7 Å². The summed E-state index contributed by atoms with van der Waals surface area (Å²) in [4.78, 5) is 16.7. The molecule has 0 radical (unpaired) electrons. The van der Waals surface area contributed by atoms with Crippen LogP contribution in [0.2, 0.25) is 0 Å². The molecule has 3 rings (SSSR count). The van der Waals surface area contributed by atoms with Crippen molar-refractivity contribution in [3.63, 3.8) is 0 Å². The van der Waals surface area contributed by atoms with E-state index in [2.05, 4.69) is 18.7 Å². The monoisotopic (exact) mass is 393 g/mol. The zero-order chi connectivity index (χ0) is 19.4. The molecule has 1 amide bonds. The molecule has 0 N–H and O–H groups in total. The third-order valence-corrected chi connectivity index (χ3v) is 7.33. The maximum Gasteiger partial charge on any atom is 0.236 e. The highest BCUT2D eigenvalue weighted by Gasteiger charge is 2.30. The molecule has 2 aliphatic rings.